The van der Waals surface area contributed by atoms with Crippen LogP contribution in [0.3, 0.4) is 0 Å². The Morgan fingerprint density at radius 3 is 1.43 bits per heavy atom. The zero-order valence-corrected chi connectivity index (χ0v) is 24.9. The van der Waals surface area contributed by atoms with Crippen LogP contribution in [0.4, 0.5) is 17.1 Å². The molecule has 0 amide bonds. The summed E-state index contributed by atoms with van der Waals surface area (Å²) in [5.74, 6) is 0. The van der Waals surface area contributed by atoms with Crippen LogP contribution in [0.2, 0.25) is 0 Å². The molecule has 2 nitrogen and oxygen atoms in total. The molecule has 1 heterocycles. The third-order valence-electron chi connectivity index (χ3n) is 9.58. The fourth-order valence-corrected chi connectivity index (χ4v) is 7.48. The van der Waals surface area contributed by atoms with E-state index in [4.69, 9.17) is 4.42 Å². The molecule has 0 saturated heterocycles. The molecule has 46 heavy (non-hydrogen) atoms. The van der Waals surface area contributed by atoms with Crippen LogP contribution in [0.5, 0.6) is 0 Å². The summed E-state index contributed by atoms with van der Waals surface area (Å²) in [4.78, 5) is 2.46. The van der Waals surface area contributed by atoms with Crippen molar-refractivity contribution in [1.82, 2.24) is 0 Å². The SMILES string of the molecule is c1ccc2c(c1)cc(N(c1ccc3oc4c5ccccc5ccc4c3c1)c1cc3ccccc3c3ccccc13)c1ccccc12. The lowest BCUT2D eigenvalue weighted by Crippen LogP contribution is -2.11. The van der Waals surface area contributed by atoms with Crippen molar-refractivity contribution in [3.63, 3.8) is 0 Å². The van der Waals surface area contributed by atoms with Crippen molar-refractivity contribution in [2.75, 3.05) is 4.90 Å². The lowest BCUT2D eigenvalue weighted by Gasteiger charge is -2.29. The summed E-state index contributed by atoms with van der Waals surface area (Å²) in [7, 11) is 0. The van der Waals surface area contributed by atoms with Crippen molar-refractivity contribution in [1.29, 1.82) is 0 Å². The minimum Gasteiger partial charge on any atom is -0.455 e. The van der Waals surface area contributed by atoms with Crippen LogP contribution in [0.25, 0.3) is 75.8 Å². The number of furan rings is 1. The topological polar surface area (TPSA) is 16.4 Å². The largest absolute Gasteiger partial charge is 0.455 e. The predicted octanol–water partition coefficient (Wildman–Crippen LogP) is 12.8. The molecule has 0 radical (unpaired) electrons. The first-order valence-electron chi connectivity index (χ1n) is 15.8. The Hall–Kier alpha value is -6.12. The monoisotopic (exact) mass is 585 g/mol. The second-order valence-electron chi connectivity index (χ2n) is 12.1. The van der Waals surface area contributed by atoms with Crippen LogP contribution in [0.1, 0.15) is 0 Å². The van der Waals surface area contributed by atoms with Gasteiger partial charge in [-0.1, -0.05) is 127 Å². The van der Waals surface area contributed by atoms with E-state index < -0.39 is 0 Å². The van der Waals surface area contributed by atoms with Crippen LogP contribution >= 0.6 is 0 Å². The van der Waals surface area contributed by atoms with Crippen molar-refractivity contribution < 1.29 is 4.42 Å². The highest BCUT2D eigenvalue weighted by Gasteiger charge is 2.22. The standard InChI is InChI=1S/C44H27NO/c1-6-16-34-28(11-1)21-23-39-40-27-31(22-24-43(40)46-44(34)39)45(41-25-29-12-2-4-14-32(29)35-17-7-9-19-37(35)41)42-26-30-13-3-5-15-33(30)36-18-8-10-20-38(36)42/h1-27H. The summed E-state index contributed by atoms with van der Waals surface area (Å²) < 4.78 is 6.55. The van der Waals surface area contributed by atoms with Gasteiger partial charge in [0.25, 0.3) is 0 Å². The first-order chi connectivity index (χ1) is 22.8. The summed E-state index contributed by atoms with van der Waals surface area (Å²) >= 11 is 0. The highest BCUT2D eigenvalue weighted by molar-refractivity contribution is 6.20. The molecule has 1 aromatic heterocycles. The highest BCUT2D eigenvalue weighted by atomic mass is 16.3. The predicted molar refractivity (Wildman–Crippen MR) is 196 cm³/mol. The van der Waals surface area contributed by atoms with E-state index in [1.807, 2.05) is 0 Å². The van der Waals surface area contributed by atoms with E-state index >= 15 is 0 Å². The third kappa shape index (κ3) is 3.65. The molecular weight excluding hydrogens is 558 g/mol. The van der Waals surface area contributed by atoms with Gasteiger partial charge in [0.05, 0.1) is 11.4 Å². The lowest BCUT2D eigenvalue weighted by atomic mass is 9.96. The third-order valence-corrected chi connectivity index (χ3v) is 9.58. The van der Waals surface area contributed by atoms with Crippen molar-refractivity contribution in [3.05, 3.63) is 164 Å². The van der Waals surface area contributed by atoms with Gasteiger partial charge in [-0.2, -0.15) is 0 Å². The molecule has 0 aliphatic heterocycles. The Labute approximate surface area is 265 Å². The summed E-state index contributed by atoms with van der Waals surface area (Å²) in [6.07, 6.45) is 0. The number of nitrogens with zero attached hydrogens (tertiary/aromatic N) is 1. The van der Waals surface area contributed by atoms with E-state index in [2.05, 4.69) is 169 Å². The summed E-state index contributed by atoms with van der Waals surface area (Å²) in [6.45, 7) is 0. The first-order valence-corrected chi connectivity index (χ1v) is 15.8. The smallest absolute Gasteiger partial charge is 0.143 e. The Morgan fingerprint density at radius 1 is 0.326 bits per heavy atom. The first kappa shape index (κ1) is 25.2. The minimum absolute atomic E-state index is 0.891. The average molecular weight is 586 g/mol. The average Bonchev–Trinajstić information content (AvgIpc) is 3.50. The van der Waals surface area contributed by atoms with E-state index in [1.54, 1.807) is 0 Å². The van der Waals surface area contributed by atoms with Crippen molar-refractivity contribution in [2.45, 2.75) is 0 Å². The van der Waals surface area contributed by atoms with Crippen LogP contribution in [-0.4, -0.2) is 0 Å². The maximum atomic E-state index is 6.55. The number of benzene rings is 9. The zero-order chi connectivity index (χ0) is 30.2. The summed E-state index contributed by atoms with van der Waals surface area (Å²) in [5.41, 5.74) is 5.20. The van der Waals surface area contributed by atoms with Gasteiger partial charge in [-0.3, -0.25) is 0 Å². The zero-order valence-electron chi connectivity index (χ0n) is 24.9. The molecule has 0 atom stereocenters. The van der Waals surface area contributed by atoms with Crippen LogP contribution in [-0.2, 0) is 0 Å². The molecule has 214 valence electrons. The fourth-order valence-electron chi connectivity index (χ4n) is 7.48. The maximum absolute atomic E-state index is 6.55. The molecule has 0 fully saturated rings. The Morgan fingerprint density at radius 2 is 0.826 bits per heavy atom. The van der Waals surface area contributed by atoms with Crippen molar-refractivity contribution in [2.24, 2.45) is 0 Å². The molecule has 9 aromatic carbocycles. The number of hydrogen-bond donors (Lipinski definition) is 0. The van der Waals surface area contributed by atoms with E-state index in [0.29, 0.717) is 0 Å². The van der Waals surface area contributed by atoms with Gasteiger partial charge < -0.3 is 9.32 Å². The lowest BCUT2D eigenvalue weighted by molar-refractivity contribution is 0.672. The van der Waals surface area contributed by atoms with Crippen molar-refractivity contribution >= 4 is 92.9 Å². The van der Waals surface area contributed by atoms with Gasteiger partial charge in [0.2, 0.25) is 0 Å². The number of hydrogen-bond acceptors (Lipinski definition) is 2. The molecule has 0 unspecified atom stereocenters. The quantitative estimate of drug-likeness (QED) is 0.192. The number of rotatable bonds is 3. The van der Waals surface area contributed by atoms with E-state index in [9.17, 15) is 0 Å². The summed E-state index contributed by atoms with van der Waals surface area (Å²) in [6, 6.07) is 59.2. The molecule has 0 aliphatic rings. The molecule has 0 spiro atoms. The van der Waals surface area contributed by atoms with Gasteiger partial charge in [-0.05, 0) is 74.1 Å². The van der Waals surface area contributed by atoms with Gasteiger partial charge in [-0.25, -0.2) is 0 Å². The van der Waals surface area contributed by atoms with Gasteiger partial charge in [-0.15, -0.1) is 0 Å². The Balaban J connectivity index is 1.34. The van der Waals surface area contributed by atoms with Crippen LogP contribution in [0, 0.1) is 0 Å². The Kier molecular flexibility index (Phi) is 5.31. The van der Waals surface area contributed by atoms with Crippen LogP contribution in [0.15, 0.2) is 168 Å². The molecule has 10 rings (SSSR count). The molecule has 0 saturated carbocycles. The van der Waals surface area contributed by atoms with E-state index in [1.165, 1.54) is 48.5 Å². The van der Waals surface area contributed by atoms with Crippen LogP contribution < -0.4 is 4.90 Å². The molecule has 2 heteroatoms. The van der Waals surface area contributed by atoms with E-state index in [0.717, 1.165) is 44.4 Å². The highest BCUT2D eigenvalue weighted by Crippen LogP contribution is 2.47. The summed E-state index contributed by atoms with van der Waals surface area (Å²) in [5, 5.41) is 14.4. The van der Waals surface area contributed by atoms with Gasteiger partial charge in [0, 0.05) is 32.6 Å². The molecule has 0 bridgehead atoms. The molecule has 10 aromatic rings. The molecule has 0 N–H and O–H groups in total. The second-order valence-corrected chi connectivity index (χ2v) is 12.1. The fraction of sp³-hybridized carbons (Fsp3) is 0. The maximum Gasteiger partial charge on any atom is 0.143 e. The van der Waals surface area contributed by atoms with Gasteiger partial charge >= 0.3 is 0 Å². The normalized spacial score (nSPS) is 11.9. The number of anilines is 3. The van der Waals surface area contributed by atoms with Gasteiger partial charge in [0.15, 0.2) is 0 Å². The van der Waals surface area contributed by atoms with Gasteiger partial charge in [0.1, 0.15) is 11.2 Å². The van der Waals surface area contributed by atoms with Crippen molar-refractivity contribution in [3.8, 4) is 0 Å². The minimum atomic E-state index is 0.891. The molecular formula is C44H27NO. The number of fused-ring (bicyclic) bond motifs is 11. The molecule has 0 aliphatic carbocycles. The van der Waals surface area contributed by atoms with E-state index in [-0.39, 0.29) is 0 Å². The second kappa shape index (κ2) is 9.69. The Bertz CT molecular complexity index is 2710.